The second-order valence-corrected chi connectivity index (χ2v) is 8.89. The number of piperazine rings is 1. The third-order valence-corrected chi connectivity index (χ3v) is 6.80. The summed E-state index contributed by atoms with van der Waals surface area (Å²) in [7, 11) is -3.55. The normalized spacial score (nSPS) is 15.8. The van der Waals surface area contributed by atoms with E-state index >= 15 is 0 Å². The summed E-state index contributed by atoms with van der Waals surface area (Å²) in [5.74, 6) is 0.554. The van der Waals surface area contributed by atoms with Gasteiger partial charge >= 0.3 is 0 Å². The first-order valence-electron chi connectivity index (χ1n) is 9.71. The minimum Gasteiger partial charge on any atom is -0.494 e. The van der Waals surface area contributed by atoms with Crippen LogP contribution in [0.15, 0.2) is 53.4 Å². The number of sulfonamides is 1. The number of ether oxygens (including phenoxy) is 1. The van der Waals surface area contributed by atoms with Gasteiger partial charge in [0.1, 0.15) is 5.75 Å². The van der Waals surface area contributed by atoms with Crippen LogP contribution in [0.3, 0.4) is 0 Å². The van der Waals surface area contributed by atoms with Gasteiger partial charge in [-0.15, -0.1) is 0 Å². The summed E-state index contributed by atoms with van der Waals surface area (Å²) < 4.78 is 32.5. The smallest absolute Gasteiger partial charge is 0.243 e. The van der Waals surface area contributed by atoms with Gasteiger partial charge in [0, 0.05) is 31.9 Å². The maximum atomic E-state index is 12.9. The summed E-state index contributed by atoms with van der Waals surface area (Å²) in [5.41, 5.74) is 1.81. The Kier molecular flexibility index (Phi) is 6.89. The van der Waals surface area contributed by atoms with Crippen molar-refractivity contribution in [1.82, 2.24) is 9.21 Å². The Bertz CT molecular complexity index is 937. The van der Waals surface area contributed by atoms with E-state index in [1.54, 1.807) is 24.3 Å². The second-order valence-electron chi connectivity index (χ2n) is 6.95. The average molecular weight is 418 g/mol. The van der Waals surface area contributed by atoms with Crippen molar-refractivity contribution < 1.29 is 17.9 Å². The molecule has 0 aliphatic carbocycles. The molecule has 156 valence electrons. The molecule has 1 heterocycles. The molecule has 0 unspecified atom stereocenters. The molecule has 1 saturated heterocycles. The lowest BCUT2D eigenvalue weighted by atomic mass is 10.2. The third-order valence-electron chi connectivity index (χ3n) is 4.89. The van der Waals surface area contributed by atoms with E-state index in [9.17, 15) is 13.2 Å². The second kappa shape index (κ2) is 9.39. The first-order chi connectivity index (χ1) is 13.9. The van der Waals surface area contributed by atoms with Crippen molar-refractivity contribution in [3.8, 4) is 5.75 Å². The SMILES string of the molecule is CCOc1ccc(S(=O)(=O)N2CCN(CC(=O)Nc3ccccc3C)CC2)cc1. The van der Waals surface area contributed by atoms with Crippen LogP contribution in [-0.4, -0.2) is 62.9 Å². The van der Waals surface area contributed by atoms with E-state index < -0.39 is 10.0 Å². The quantitative estimate of drug-likeness (QED) is 0.748. The maximum Gasteiger partial charge on any atom is 0.243 e. The van der Waals surface area contributed by atoms with Gasteiger partial charge in [0.15, 0.2) is 0 Å². The molecule has 7 nitrogen and oxygen atoms in total. The summed E-state index contributed by atoms with van der Waals surface area (Å²) in [6.45, 7) is 6.33. The summed E-state index contributed by atoms with van der Waals surface area (Å²) in [5, 5.41) is 2.92. The molecule has 1 aliphatic rings. The minimum absolute atomic E-state index is 0.0953. The number of aryl methyl sites for hydroxylation is 1. The summed E-state index contributed by atoms with van der Waals surface area (Å²) in [4.78, 5) is 14.5. The molecule has 0 saturated carbocycles. The highest BCUT2D eigenvalue weighted by Gasteiger charge is 2.29. The Morgan fingerprint density at radius 2 is 1.69 bits per heavy atom. The fourth-order valence-corrected chi connectivity index (χ4v) is 4.68. The van der Waals surface area contributed by atoms with Crippen LogP contribution in [0, 0.1) is 6.92 Å². The lowest BCUT2D eigenvalue weighted by molar-refractivity contribution is -0.117. The Hall–Kier alpha value is -2.42. The van der Waals surface area contributed by atoms with Gasteiger partial charge in [0.25, 0.3) is 0 Å². The van der Waals surface area contributed by atoms with E-state index in [0.717, 1.165) is 11.3 Å². The number of anilines is 1. The number of para-hydroxylation sites is 1. The predicted octanol–water partition coefficient (Wildman–Crippen LogP) is 2.34. The zero-order chi connectivity index (χ0) is 20.9. The van der Waals surface area contributed by atoms with Crippen LogP contribution >= 0.6 is 0 Å². The molecule has 1 N–H and O–H groups in total. The first-order valence-corrected chi connectivity index (χ1v) is 11.1. The van der Waals surface area contributed by atoms with Crippen LogP contribution in [0.4, 0.5) is 5.69 Å². The van der Waals surface area contributed by atoms with Crippen molar-refractivity contribution in [3.05, 3.63) is 54.1 Å². The van der Waals surface area contributed by atoms with Crippen molar-refractivity contribution in [2.45, 2.75) is 18.7 Å². The van der Waals surface area contributed by atoms with Crippen LogP contribution in [0.25, 0.3) is 0 Å². The molecule has 0 radical (unpaired) electrons. The van der Waals surface area contributed by atoms with E-state index in [0.29, 0.717) is 38.5 Å². The van der Waals surface area contributed by atoms with Crippen molar-refractivity contribution >= 4 is 21.6 Å². The number of amides is 1. The zero-order valence-corrected chi connectivity index (χ0v) is 17.6. The van der Waals surface area contributed by atoms with Crippen LogP contribution in [0.1, 0.15) is 12.5 Å². The van der Waals surface area contributed by atoms with Gasteiger partial charge in [-0.25, -0.2) is 8.42 Å². The highest BCUT2D eigenvalue weighted by Crippen LogP contribution is 2.21. The van der Waals surface area contributed by atoms with Crippen LogP contribution in [0.5, 0.6) is 5.75 Å². The number of rotatable bonds is 7. The Morgan fingerprint density at radius 3 is 2.31 bits per heavy atom. The number of nitrogens with one attached hydrogen (secondary N) is 1. The van der Waals surface area contributed by atoms with Crippen LogP contribution in [0.2, 0.25) is 0 Å². The van der Waals surface area contributed by atoms with Gasteiger partial charge < -0.3 is 10.1 Å². The van der Waals surface area contributed by atoms with Crippen molar-refractivity contribution in [1.29, 1.82) is 0 Å². The summed E-state index contributed by atoms with van der Waals surface area (Å²) in [6, 6.07) is 14.1. The lowest BCUT2D eigenvalue weighted by Gasteiger charge is -2.33. The highest BCUT2D eigenvalue weighted by atomic mass is 32.2. The molecule has 8 heteroatoms. The number of hydrogen-bond acceptors (Lipinski definition) is 5. The molecule has 1 amide bonds. The molecular formula is C21H27N3O4S. The van der Waals surface area contributed by atoms with E-state index in [4.69, 9.17) is 4.74 Å². The monoisotopic (exact) mass is 417 g/mol. The number of nitrogens with zero attached hydrogens (tertiary/aromatic N) is 2. The topological polar surface area (TPSA) is 79.0 Å². The molecule has 0 aromatic heterocycles. The van der Waals surface area contributed by atoms with Crippen LogP contribution in [-0.2, 0) is 14.8 Å². The highest BCUT2D eigenvalue weighted by molar-refractivity contribution is 7.89. The van der Waals surface area contributed by atoms with Gasteiger partial charge in [-0.1, -0.05) is 18.2 Å². The Labute approximate surface area is 172 Å². The number of hydrogen-bond donors (Lipinski definition) is 1. The number of benzene rings is 2. The first kappa shape index (κ1) is 21.3. The van der Waals surface area contributed by atoms with Gasteiger partial charge in [0.2, 0.25) is 15.9 Å². The molecule has 1 fully saturated rings. The molecule has 1 aliphatic heterocycles. The number of carbonyl (C=O) groups excluding carboxylic acids is 1. The van der Waals surface area contributed by atoms with E-state index in [1.807, 2.05) is 43.0 Å². The molecule has 29 heavy (non-hydrogen) atoms. The molecule has 2 aromatic carbocycles. The molecule has 0 spiro atoms. The van der Waals surface area contributed by atoms with Crippen molar-refractivity contribution in [2.75, 3.05) is 44.6 Å². The molecular weight excluding hydrogens is 390 g/mol. The average Bonchev–Trinajstić information content (AvgIpc) is 2.71. The lowest BCUT2D eigenvalue weighted by Crippen LogP contribution is -2.50. The largest absolute Gasteiger partial charge is 0.494 e. The fourth-order valence-electron chi connectivity index (χ4n) is 3.26. The molecule has 3 rings (SSSR count). The van der Waals surface area contributed by atoms with E-state index in [-0.39, 0.29) is 17.3 Å². The third kappa shape index (κ3) is 5.35. The molecule has 2 aromatic rings. The standard InChI is InChI=1S/C21H27N3O4S/c1-3-28-18-8-10-19(11-9-18)29(26,27)24-14-12-23(13-15-24)16-21(25)22-20-7-5-4-6-17(20)2/h4-11H,3,12-16H2,1-2H3,(H,22,25). The fraction of sp³-hybridized carbons (Fsp3) is 0.381. The molecule has 0 atom stereocenters. The minimum atomic E-state index is -3.55. The van der Waals surface area contributed by atoms with Gasteiger partial charge in [-0.2, -0.15) is 4.31 Å². The van der Waals surface area contributed by atoms with Crippen molar-refractivity contribution in [3.63, 3.8) is 0 Å². The van der Waals surface area contributed by atoms with E-state index in [2.05, 4.69) is 5.32 Å². The number of carbonyl (C=O) groups is 1. The van der Waals surface area contributed by atoms with Gasteiger partial charge in [-0.05, 0) is 49.7 Å². The summed E-state index contributed by atoms with van der Waals surface area (Å²) in [6.07, 6.45) is 0. The predicted molar refractivity (Wildman–Crippen MR) is 113 cm³/mol. The van der Waals surface area contributed by atoms with Gasteiger partial charge in [-0.3, -0.25) is 9.69 Å². The Morgan fingerprint density at radius 1 is 1.03 bits per heavy atom. The summed E-state index contributed by atoms with van der Waals surface area (Å²) >= 11 is 0. The van der Waals surface area contributed by atoms with Crippen LogP contribution < -0.4 is 10.1 Å². The Balaban J connectivity index is 1.54. The van der Waals surface area contributed by atoms with Crippen molar-refractivity contribution in [2.24, 2.45) is 0 Å². The zero-order valence-electron chi connectivity index (χ0n) is 16.8. The molecule has 0 bridgehead atoms. The van der Waals surface area contributed by atoms with E-state index in [1.165, 1.54) is 4.31 Å². The maximum absolute atomic E-state index is 12.9. The van der Waals surface area contributed by atoms with Gasteiger partial charge in [0.05, 0.1) is 18.0 Å².